The van der Waals surface area contributed by atoms with E-state index < -0.39 is 0 Å². The van der Waals surface area contributed by atoms with Crippen molar-refractivity contribution in [3.05, 3.63) is 30.1 Å². The molecule has 3 aliphatic heterocycles. The molecule has 5 nitrogen and oxygen atoms in total. The average Bonchev–Trinajstić information content (AvgIpc) is 2.71. The molecule has 0 saturated carbocycles. The van der Waals surface area contributed by atoms with E-state index in [4.69, 9.17) is 0 Å². The van der Waals surface area contributed by atoms with Crippen molar-refractivity contribution in [3.63, 3.8) is 0 Å². The summed E-state index contributed by atoms with van der Waals surface area (Å²) >= 11 is 0. The molecule has 154 valence electrons. The molecule has 0 aromatic carbocycles. The number of nitrogens with one attached hydrogen (secondary N) is 1. The fourth-order valence-corrected chi connectivity index (χ4v) is 5.38. The number of rotatable bonds is 6. The van der Waals surface area contributed by atoms with Crippen molar-refractivity contribution in [2.75, 3.05) is 32.7 Å². The molecular weight excluding hydrogens is 348 g/mol. The second kappa shape index (κ2) is 9.36. The molecule has 1 amide bonds. The zero-order chi connectivity index (χ0) is 19.3. The number of aromatic nitrogens is 1. The number of hydrogen-bond donors (Lipinski definition) is 1. The SMILES string of the molecule is CC1CCN(C(=O)CCC[C@H]2NC[C@@H]3C[C@@H]2CN(Cc2cccnc2)C3)CC1. The number of carbonyl (C=O) groups excluding carboxylic acids is 1. The van der Waals surface area contributed by atoms with Gasteiger partial charge in [0.25, 0.3) is 0 Å². The van der Waals surface area contributed by atoms with Crippen molar-refractivity contribution in [2.24, 2.45) is 17.8 Å². The Balaban J connectivity index is 1.22. The van der Waals surface area contributed by atoms with Crippen LogP contribution in [0.15, 0.2) is 24.5 Å². The van der Waals surface area contributed by atoms with Gasteiger partial charge in [0.05, 0.1) is 0 Å². The standard InChI is InChI=1S/C23H36N4O/c1-18-7-10-27(11-8-18)23(28)6-2-5-22-21-12-20(14-25-22)16-26(17-21)15-19-4-3-9-24-13-19/h3-4,9,13,18,20-22,25H,2,5-8,10-12,14-17H2,1H3/t20-,21+,22+/m0/s1. The van der Waals surface area contributed by atoms with Crippen molar-refractivity contribution in [3.8, 4) is 0 Å². The highest BCUT2D eigenvalue weighted by molar-refractivity contribution is 5.76. The van der Waals surface area contributed by atoms with Gasteiger partial charge >= 0.3 is 0 Å². The van der Waals surface area contributed by atoms with E-state index in [2.05, 4.69) is 33.1 Å². The van der Waals surface area contributed by atoms with E-state index in [9.17, 15) is 4.79 Å². The second-order valence-electron chi connectivity index (χ2n) is 9.39. The van der Waals surface area contributed by atoms with Gasteiger partial charge in [-0.1, -0.05) is 13.0 Å². The number of piperidine rings is 3. The van der Waals surface area contributed by atoms with Gasteiger partial charge in [0.2, 0.25) is 5.91 Å². The van der Waals surface area contributed by atoms with E-state index in [-0.39, 0.29) is 0 Å². The Labute approximate surface area is 169 Å². The first-order chi connectivity index (χ1) is 13.7. The maximum absolute atomic E-state index is 12.5. The van der Waals surface area contributed by atoms with Crippen molar-refractivity contribution in [1.29, 1.82) is 0 Å². The lowest BCUT2D eigenvalue weighted by molar-refractivity contribution is -0.132. The largest absolute Gasteiger partial charge is 0.343 e. The smallest absolute Gasteiger partial charge is 0.222 e. The number of amides is 1. The Kier molecular flexibility index (Phi) is 6.63. The van der Waals surface area contributed by atoms with Gasteiger partial charge in [-0.25, -0.2) is 0 Å². The number of fused-ring (bicyclic) bond motifs is 2. The van der Waals surface area contributed by atoms with Crippen molar-refractivity contribution >= 4 is 5.91 Å². The lowest BCUT2D eigenvalue weighted by Crippen LogP contribution is -2.55. The zero-order valence-electron chi connectivity index (χ0n) is 17.4. The summed E-state index contributed by atoms with van der Waals surface area (Å²) in [4.78, 5) is 21.5. The highest BCUT2D eigenvalue weighted by Crippen LogP contribution is 2.31. The fraction of sp³-hybridized carbons (Fsp3) is 0.739. The summed E-state index contributed by atoms with van der Waals surface area (Å²) < 4.78 is 0. The summed E-state index contributed by atoms with van der Waals surface area (Å²) in [7, 11) is 0. The average molecular weight is 385 g/mol. The van der Waals surface area contributed by atoms with Gasteiger partial charge in [-0.15, -0.1) is 0 Å². The predicted molar refractivity (Wildman–Crippen MR) is 112 cm³/mol. The van der Waals surface area contributed by atoms with Crippen LogP contribution in [0.3, 0.4) is 0 Å². The van der Waals surface area contributed by atoms with Crippen LogP contribution in [0.4, 0.5) is 0 Å². The molecule has 4 heterocycles. The van der Waals surface area contributed by atoms with Crippen LogP contribution in [0.2, 0.25) is 0 Å². The third-order valence-electron chi connectivity index (χ3n) is 7.05. The van der Waals surface area contributed by atoms with Gasteiger partial charge in [-0.05, 0) is 68.0 Å². The van der Waals surface area contributed by atoms with Gasteiger partial charge in [0.1, 0.15) is 0 Å². The molecule has 3 atom stereocenters. The van der Waals surface area contributed by atoms with E-state index in [0.29, 0.717) is 11.9 Å². The Morgan fingerprint density at radius 3 is 2.93 bits per heavy atom. The zero-order valence-corrected chi connectivity index (χ0v) is 17.4. The maximum atomic E-state index is 12.5. The molecule has 1 aromatic rings. The number of likely N-dealkylation sites (tertiary alicyclic amines) is 2. The van der Waals surface area contributed by atoms with Crippen LogP contribution < -0.4 is 5.32 Å². The van der Waals surface area contributed by atoms with Crippen molar-refractivity contribution in [1.82, 2.24) is 20.1 Å². The Bertz CT molecular complexity index is 629. The topological polar surface area (TPSA) is 48.5 Å². The Morgan fingerprint density at radius 2 is 2.14 bits per heavy atom. The van der Waals surface area contributed by atoms with E-state index in [1.807, 2.05) is 18.5 Å². The number of hydrogen-bond acceptors (Lipinski definition) is 4. The molecule has 4 rings (SSSR count). The molecule has 1 N–H and O–H groups in total. The van der Waals surface area contributed by atoms with Crippen LogP contribution >= 0.6 is 0 Å². The van der Waals surface area contributed by atoms with E-state index in [1.54, 1.807) is 0 Å². The minimum Gasteiger partial charge on any atom is -0.343 e. The van der Waals surface area contributed by atoms with Crippen LogP contribution in [-0.2, 0) is 11.3 Å². The molecule has 5 heteroatoms. The van der Waals surface area contributed by atoms with Crippen LogP contribution in [0.25, 0.3) is 0 Å². The summed E-state index contributed by atoms with van der Waals surface area (Å²) in [6.45, 7) is 8.73. The van der Waals surface area contributed by atoms with Gasteiger partial charge in [-0.2, -0.15) is 0 Å². The molecule has 3 fully saturated rings. The van der Waals surface area contributed by atoms with Crippen LogP contribution in [0.5, 0.6) is 0 Å². The molecule has 1 aromatic heterocycles. The normalized spacial score (nSPS) is 29.0. The lowest BCUT2D eigenvalue weighted by Gasteiger charge is -2.46. The number of carbonyl (C=O) groups is 1. The molecule has 0 unspecified atom stereocenters. The third-order valence-corrected chi connectivity index (χ3v) is 7.05. The second-order valence-corrected chi connectivity index (χ2v) is 9.39. The molecule has 3 saturated heterocycles. The summed E-state index contributed by atoms with van der Waals surface area (Å²) in [5.74, 6) is 2.64. The number of nitrogens with zero attached hydrogens (tertiary/aromatic N) is 3. The maximum Gasteiger partial charge on any atom is 0.222 e. The van der Waals surface area contributed by atoms with Gasteiger partial charge in [0.15, 0.2) is 0 Å². The van der Waals surface area contributed by atoms with Crippen molar-refractivity contribution in [2.45, 2.75) is 58.0 Å². The van der Waals surface area contributed by atoms with Crippen LogP contribution in [0, 0.1) is 17.8 Å². The highest BCUT2D eigenvalue weighted by Gasteiger charge is 2.36. The summed E-state index contributed by atoms with van der Waals surface area (Å²) in [5, 5.41) is 3.80. The molecule has 3 aliphatic rings. The van der Waals surface area contributed by atoms with E-state index in [1.165, 1.54) is 37.9 Å². The highest BCUT2D eigenvalue weighted by atomic mass is 16.2. The minimum absolute atomic E-state index is 0.377. The number of pyridine rings is 1. The van der Waals surface area contributed by atoms with Crippen molar-refractivity contribution < 1.29 is 4.79 Å². The van der Waals surface area contributed by atoms with Gasteiger partial charge < -0.3 is 10.2 Å². The summed E-state index contributed by atoms with van der Waals surface area (Å²) in [6, 6.07) is 4.78. The summed E-state index contributed by atoms with van der Waals surface area (Å²) in [6.07, 6.45) is 10.4. The molecular formula is C23H36N4O. The molecule has 28 heavy (non-hydrogen) atoms. The molecule has 2 bridgehead atoms. The van der Waals surface area contributed by atoms with Gasteiger partial charge in [0, 0.05) is 57.6 Å². The van der Waals surface area contributed by atoms with E-state index in [0.717, 1.165) is 63.2 Å². The molecule has 0 radical (unpaired) electrons. The predicted octanol–water partition coefficient (Wildman–Crippen LogP) is 2.92. The fourth-order valence-electron chi connectivity index (χ4n) is 5.38. The first-order valence-corrected chi connectivity index (χ1v) is 11.3. The Hall–Kier alpha value is -1.46. The minimum atomic E-state index is 0.377. The molecule has 0 spiro atoms. The van der Waals surface area contributed by atoms with Crippen LogP contribution in [-0.4, -0.2) is 59.5 Å². The monoisotopic (exact) mass is 384 g/mol. The lowest BCUT2D eigenvalue weighted by atomic mass is 9.79. The van der Waals surface area contributed by atoms with Gasteiger partial charge in [-0.3, -0.25) is 14.7 Å². The molecule has 0 aliphatic carbocycles. The third kappa shape index (κ3) is 5.12. The summed E-state index contributed by atoms with van der Waals surface area (Å²) in [5.41, 5.74) is 1.31. The quantitative estimate of drug-likeness (QED) is 0.819. The Morgan fingerprint density at radius 1 is 1.29 bits per heavy atom. The van der Waals surface area contributed by atoms with Crippen LogP contribution in [0.1, 0.15) is 51.0 Å². The van der Waals surface area contributed by atoms with E-state index >= 15 is 0 Å². The first kappa shape index (κ1) is 19.8. The first-order valence-electron chi connectivity index (χ1n) is 11.3.